The minimum atomic E-state index is -3.59. The molecule has 1 N–H and O–H groups in total. The molecular weight excluding hydrogens is 392 g/mol. The van der Waals surface area contributed by atoms with E-state index < -0.39 is 10.0 Å². The van der Waals surface area contributed by atoms with Gasteiger partial charge in [0.1, 0.15) is 12.1 Å². The molecule has 0 unspecified atom stereocenters. The summed E-state index contributed by atoms with van der Waals surface area (Å²) in [4.78, 5) is 11.2. The maximum atomic E-state index is 12.7. The molecule has 29 heavy (non-hydrogen) atoms. The SMILES string of the molecule is Cc1ccc(C)c(S(=O)(=O)NCCn2ncc3c(N4CCOCC4)ncnc32)c1. The van der Waals surface area contributed by atoms with Crippen molar-refractivity contribution in [2.24, 2.45) is 0 Å². The highest BCUT2D eigenvalue weighted by Crippen LogP contribution is 2.23. The summed E-state index contributed by atoms with van der Waals surface area (Å²) in [7, 11) is -3.59. The second kappa shape index (κ2) is 8.05. The van der Waals surface area contributed by atoms with Gasteiger partial charge in [-0.25, -0.2) is 27.8 Å². The molecule has 3 heterocycles. The van der Waals surface area contributed by atoms with Crippen molar-refractivity contribution >= 4 is 26.9 Å². The van der Waals surface area contributed by atoms with Crippen molar-refractivity contribution in [3.8, 4) is 0 Å². The number of fused-ring (bicyclic) bond motifs is 1. The highest BCUT2D eigenvalue weighted by molar-refractivity contribution is 7.89. The maximum absolute atomic E-state index is 12.7. The molecule has 154 valence electrons. The summed E-state index contributed by atoms with van der Waals surface area (Å²) in [6.45, 7) is 7.12. The van der Waals surface area contributed by atoms with Gasteiger partial charge in [-0.3, -0.25) is 0 Å². The molecule has 1 fully saturated rings. The van der Waals surface area contributed by atoms with Crippen LogP contribution in [0.2, 0.25) is 0 Å². The minimum absolute atomic E-state index is 0.212. The molecule has 1 aliphatic rings. The smallest absolute Gasteiger partial charge is 0.240 e. The number of aryl methyl sites for hydroxylation is 2. The Balaban J connectivity index is 1.50. The number of benzene rings is 1. The summed E-state index contributed by atoms with van der Waals surface area (Å²) in [5.74, 6) is 0.834. The molecule has 0 bridgehead atoms. The van der Waals surface area contributed by atoms with E-state index in [0.29, 0.717) is 30.3 Å². The van der Waals surface area contributed by atoms with Crippen LogP contribution in [0.15, 0.2) is 35.6 Å². The predicted octanol–water partition coefficient (Wildman–Crippen LogP) is 1.26. The summed E-state index contributed by atoms with van der Waals surface area (Å²) in [5, 5.41) is 5.25. The minimum Gasteiger partial charge on any atom is -0.378 e. The first-order chi connectivity index (χ1) is 14.0. The second-order valence-electron chi connectivity index (χ2n) is 7.07. The number of ether oxygens (including phenoxy) is 1. The van der Waals surface area contributed by atoms with Crippen molar-refractivity contribution in [2.75, 3.05) is 37.7 Å². The molecule has 0 saturated carbocycles. The number of nitrogens with one attached hydrogen (secondary N) is 1. The molecule has 1 saturated heterocycles. The van der Waals surface area contributed by atoms with Gasteiger partial charge in [-0.1, -0.05) is 12.1 Å². The number of nitrogens with zero attached hydrogens (tertiary/aromatic N) is 5. The van der Waals surface area contributed by atoms with Crippen molar-refractivity contribution in [2.45, 2.75) is 25.3 Å². The van der Waals surface area contributed by atoms with E-state index >= 15 is 0 Å². The lowest BCUT2D eigenvalue weighted by molar-refractivity contribution is 0.122. The zero-order chi connectivity index (χ0) is 20.4. The first kappa shape index (κ1) is 19.7. The Morgan fingerprint density at radius 2 is 1.97 bits per heavy atom. The first-order valence-electron chi connectivity index (χ1n) is 9.52. The lowest BCUT2D eigenvalue weighted by Crippen LogP contribution is -2.36. The molecule has 1 aliphatic heterocycles. The van der Waals surface area contributed by atoms with Gasteiger partial charge >= 0.3 is 0 Å². The van der Waals surface area contributed by atoms with Crippen LogP contribution in [0.4, 0.5) is 5.82 Å². The zero-order valence-corrected chi connectivity index (χ0v) is 17.3. The maximum Gasteiger partial charge on any atom is 0.240 e. The molecule has 0 atom stereocenters. The molecule has 2 aromatic heterocycles. The standard InChI is InChI=1S/C19H24N6O3S/c1-14-3-4-15(2)17(11-14)29(26,27)23-5-6-25-19-16(12-22-25)18(20-13-21-19)24-7-9-28-10-8-24/h3-4,11-13,23H,5-10H2,1-2H3. The molecule has 3 aromatic rings. The summed E-state index contributed by atoms with van der Waals surface area (Å²) in [6, 6.07) is 5.40. The average Bonchev–Trinajstić information content (AvgIpc) is 3.13. The molecule has 1 aromatic carbocycles. The number of hydrogen-bond donors (Lipinski definition) is 1. The predicted molar refractivity (Wildman–Crippen MR) is 109 cm³/mol. The number of morpholine rings is 1. The van der Waals surface area contributed by atoms with Crippen molar-refractivity contribution in [3.63, 3.8) is 0 Å². The number of rotatable bonds is 6. The van der Waals surface area contributed by atoms with Crippen LogP contribution in [0.5, 0.6) is 0 Å². The summed E-state index contributed by atoms with van der Waals surface area (Å²) in [5.41, 5.74) is 2.31. The molecule has 0 radical (unpaired) electrons. The van der Waals surface area contributed by atoms with Gasteiger partial charge in [0.15, 0.2) is 5.65 Å². The Hall–Kier alpha value is -2.56. The van der Waals surface area contributed by atoms with Gasteiger partial charge in [-0.2, -0.15) is 5.10 Å². The topological polar surface area (TPSA) is 102 Å². The van der Waals surface area contributed by atoms with Crippen molar-refractivity contribution in [3.05, 3.63) is 41.9 Å². The zero-order valence-electron chi connectivity index (χ0n) is 16.5. The fraction of sp³-hybridized carbons (Fsp3) is 0.421. The summed E-state index contributed by atoms with van der Waals surface area (Å²) >= 11 is 0. The van der Waals surface area contributed by atoms with Crippen LogP contribution in [-0.4, -0.2) is 61.0 Å². The Morgan fingerprint density at radius 1 is 1.17 bits per heavy atom. The molecule has 0 spiro atoms. The Kier molecular flexibility index (Phi) is 5.48. The third kappa shape index (κ3) is 4.09. The van der Waals surface area contributed by atoms with E-state index in [1.54, 1.807) is 23.9 Å². The van der Waals surface area contributed by atoms with E-state index in [0.717, 1.165) is 35.4 Å². The monoisotopic (exact) mass is 416 g/mol. The molecule has 0 amide bonds. The Bertz CT molecular complexity index is 1120. The molecule has 0 aliphatic carbocycles. The van der Waals surface area contributed by atoms with Crippen molar-refractivity contribution in [1.82, 2.24) is 24.5 Å². The fourth-order valence-electron chi connectivity index (χ4n) is 3.43. The largest absolute Gasteiger partial charge is 0.378 e. The van der Waals surface area contributed by atoms with Crippen LogP contribution in [0, 0.1) is 13.8 Å². The van der Waals surface area contributed by atoms with Gasteiger partial charge in [0.05, 0.1) is 36.2 Å². The number of aromatic nitrogens is 4. The normalized spacial score (nSPS) is 15.2. The fourth-order valence-corrected chi connectivity index (χ4v) is 4.78. The number of hydrogen-bond acceptors (Lipinski definition) is 7. The quantitative estimate of drug-likeness (QED) is 0.645. The van der Waals surface area contributed by atoms with Crippen molar-refractivity contribution < 1.29 is 13.2 Å². The van der Waals surface area contributed by atoms with Crippen LogP contribution < -0.4 is 9.62 Å². The van der Waals surface area contributed by atoms with Crippen LogP contribution in [0.3, 0.4) is 0 Å². The van der Waals surface area contributed by atoms with E-state index in [1.807, 2.05) is 19.1 Å². The Labute approximate surface area is 169 Å². The van der Waals surface area contributed by atoms with Gasteiger partial charge in [0.2, 0.25) is 10.0 Å². The summed E-state index contributed by atoms with van der Waals surface area (Å²) in [6.07, 6.45) is 3.25. The molecule has 4 rings (SSSR count). The van der Waals surface area contributed by atoms with E-state index in [1.165, 1.54) is 6.33 Å². The second-order valence-corrected chi connectivity index (χ2v) is 8.80. The van der Waals surface area contributed by atoms with E-state index in [2.05, 4.69) is 24.7 Å². The van der Waals surface area contributed by atoms with Gasteiger partial charge in [0.25, 0.3) is 0 Å². The van der Waals surface area contributed by atoms with E-state index in [-0.39, 0.29) is 6.54 Å². The average molecular weight is 417 g/mol. The third-order valence-electron chi connectivity index (χ3n) is 4.97. The first-order valence-corrected chi connectivity index (χ1v) is 11.0. The van der Waals surface area contributed by atoms with Gasteiger partial charge < -0.3 is 9.64 Å². The molecular formula is C19H24N6O3S. The third-order valence-corrected chi connectivity index (χ3v) is 6.58. The van der Waals surface area contributed by atoms with Crippen LogP contribution >= 0.6 is 0 Å². The van der Waals surface area contributed by atoms with E-state index in [4.69, 9.17) is 4.74 Å². The van der Waals surface area contributed by atoms with Gasteiger partial charge in [0, 0.05) is 19.6 Å². The summed E-state index contributed by atoms with van der Waals surface area (Å²) < 4.78 is 35.1. The lowest BCUT2D eigenvalue weighted by Gasteiger charge is -2.27. The van der Waals surface area contributed by atoms with Crippen LogP contribution in [0.25, 0.3) is 11.0 Å². The highest BCUT2D eigenvalue weighted by Gasteiger charge is 2.19. The molecule has 9 nitrogen and oxygen atoms in total. The van der Waals surface area contributed by atoms with Gasteiger partial charge in [-0.05, 0) is 31.0 Å². The van der Waals surface area contributed by atoms with E-state index in [9.17, 15) is 8.42 Å². The van der Waals surface area contributed by atoms with Crippen molar-refractivity contribution in [1.29, 1.82) is 0 Å². The van der Waals surface area contributed by atoms with Crippen LogP contribution in [0.1, 0.15) is 11.1 Å². The number of sulfonamides is 1. The molecule has 10 heteroatoms. The number of anilines is 1. The van der Waals surface area contributed by atoms with Gasteiger partial charge in [-0.15, -0.1) is 0 Å². The lowest BCUT2D eigenvalue weighted by atomic mass is 10.2. The van der Waals surface area contributed by atoms with Crippen LogP contribution in [-0.2, 0) is 21.3 Å². The Morgan fingerprint density at radius 3 is 2.76 bits per heavy atom. The highest BCUT2D eigenvalue weighted by atomic mass is 32.2.